The molecule has 0 heterocycles. The van der Waals surface area contributed by atoms with E-state index in [1.165, 1.54) is 32.4 Å². The van der Waals surface area contributed by atoms with Crippen molar-refractivity contribution in [3.63, 3.8) is 0 Å². The van der Waals surface area contributed by atoms with Crippen molar-refractivity contribution in [2.24, 2.45) is 0 Å². The second-order valence-electron chi connectivity index (χ2n) is 5.62. The number of rotatable bonds is 8. The van der Waals surface area contributed by atoms with Gasteiger partial charge >= 0.3 is 0 Å². The molecule has 7 nitrogen and oxygen atoms in total. The summed E-state index contributed by atoms with van der Waals surface area (Å²) in [6.07, 6.45) is 0. The van der Waals surface area contributed by atoms with Crippen molar-refractivity contribution in [2.45, 2.75) is 11.8 Å². The topological polar surface area (TPSA) is 84.9 Å². The lowest BCUT2D eigenvalue weighted by molar-refractivity contribution is -0.116. The van der Waals surface area contributed by atoms with E-state index in [4.69, 9.17) is 32.7 Å². The van der Waals surface area contributed by atoms with Crippen LogP contribution in [0.15, 0.2) is 41.3 Å². The first-order valence-electron chi connectivity index (χ1n) is 8.20. The van der Waals surface area contributed by atoms with Gasteiger partial charge in [0, 0.05) is 17.6 Å². The smallest absolute Gasteiger partial charge is 0.245 e. The summed E-state index contributed by atoms with van der Waals surface area (Å²) in [4.78, 5) is 12.3. The van der Waals surface area contributed by atoms with E-state index in [0.717, 1.165) is 4.31 Å². The Morgan fingerprint density at radius 1 is 1.11 bits per heavy atom. The van der Waals surface area contributed by atoms with E-state index in [0.29, 0.717) is 17.2 Å². The van der Waals surface area contributed by atoms with Gasteiger partial charge in [-0.25, -0.2) is 8.42 Å². The van der Waals surface area contributed by atoms with E-state index in [9.17, 15) is 13.2 Å². The van der Waals surface area contributed by atoms with Crippen LogP contribution in [0.3, 0.4) is 0 Å². The van der Waals surface area contributed by atoms with Crippen LogP contribution in [0.25, 0.3) is 0 Å². The Kier molecular flexibility index (Phi) is 7.54. The van der Waals surface area contributed by atoms with E-state index in [1.807, 2.05) is 0 Å². The van der Waals surface area contributed by atoms with E-state index in [2.05, 4.69) is 5.32 Å². The molecule has 2 rings (SSSR count). The third kappa shape index (κ3) is 5.08. The maximum atomic E-state index is 12.9. The summed E-state index contributed by atoms with van der Waals surface area (Å²) in [6, 6.07) is 9.03. The van der Waals surface area contributed by atoms with Crippen LogP contribution >= 0.6 is 23.2 Å². The maximum absolute atomic E-state index is 12.9. The zero-order chi connectivity index (χ0) is 20.9. The monoisotopic (exact) mass is 446 g/mol. The molecule has 0 aliphatic heterocycles. The number of sulfonamides is 1. The molecule has 28 heavy (non-hydrogen) atoms. The summed E-state index contributed by atoms with van der Waals surface area (Å²) in [6.45, 7) is 1.27. The molecule has 0 atom stereocenters. The quantitative estimate of drug-likeness (QED) is 0.668. The maximum Gasteiger partial charge on any atom is 0.245 e. The largest absolute Gasteiger partial charge is 0.497 e. The lowest BCUT2D eigenvalue weighted by atomic mass is 10.2. The summed E-state index contributed by atoms with van der Waals surface area (Å²) in [5.74, 6) is 0.384. The van der Waals surface area contributed by atoms with Crippen molar-refractivity contribution in [1.82, 2.24) is 4.31 Å². The molecule has 0 fully saturated rings. The second-order valence-corrected chi connectivity index (χ2v) is 8.37. The number of methoxy groups -OCH3 is 2. The number of hydrogen-bond acceptors (Lipinski definition) is 5. The Bertz CT molecular complexity index is 966. The fourth-order valence-electron chi connectivity index (χ4n) is 2.44. The highest BCUT2D eigenvalue weighted by atomic mass is 35.5. The summed E-state index contributed by atoms with van der Waals surface area (Å²) in [5, 5.41) is 2.89. The number of ether oxygens (including phenoxy) is 2. The zero-order valence-corrected chi connectivity index (χ0v) is 17.9. The standard InChI is InChI=1S/C18H20Cl2N2O5S/c1-4-22(28(24,25)17-9-12(19)5-7-14(17)20)11-18(23)21-15-10-13(26-2)6-8-16(15)27-3/h5-10H,4,11H2,1-3H3,(H,21,23). The zero-order valence-electron chi connectivity index (χ0n) is 15.5. The van der Waals surface area contributed by atoms with Gasteiger partial charge in [-0.05, 0) is 30.3 Å². The highest BCUT2D eigenvalue weighted by molar-refractivity contribution is 7.89. The molecule has 0 saturated heterocycles. The lowest BCUT2D eigenvalue weighted by Crippen LogP contribution is -2.38. The number of benzene rings is 2. The summed E-state index contributed by atoms with van der Waals surface area (Å²) in [5.41, 5.74) is 0.362. The van der Waals surface area contributed by atoms with Crippen molar-refractivity contribution >= 4 is 44.8 Å². The van der Waals surface area contributed by atoms with Crippen LogP contribution in [-0.4, -0.2) is 45.9 Å². The molecule has 152 valence electrons. The molecule has 0 radical (unpaired) electrons. The first-order valence-corrected chi connectivity index (χ1v) is 10.4. The molecule has 0 aromatic heterocycles. The minimum absolute atomic E-state index is 0.0257. The highest BCUT2D eigenvalue weighted by Gasteiger charge is 2.28. The normalized spacial score (nSPS) is 11.4. The Morgan fingerprint density at radius 3 is 2.43 bits per heavy atom. The second kappa shape index (κ2) is 9.47. The Labute approximate surface area is 174 Å². The van der Waals surface area contributed by atoms with E-state index in [1.54, 1.807) is 25.1 Å². The first kappa shape index (κ1) is 22.3. The molecule has 0 aliphatic rings. The summed E-state index contributed by atoms with van der Waals surface area (Å²) >= 11 is 11.9. The predicted octanol–water partition coefficient (Wildman–Crippen LogP) is 3.66. The molecule has 0 spiro atoms. The number of hydrogen-bond donors (Lipinski definition) is 1. The molecule has 0 aliphatic carbocycles. The van der Waals surface area contributed by atoms with Gasteiger partial charge in [0.2, 0.25) is 15.9 Å². The molecule has 0 unspecified atom stereocenters. The van der Waals surface area contributed by atoms with Gasteiger partial charge in [-0.3, -0.25) is 4.79 Å². The Morgan fingerprint density at radius 2 is 1.82 bits per heavy atom. The van der Waals surface area contributed by atoms with Gasteiger partial charge in [0.15, 0.2) is 0 Å². The summed E-state index contributed by atoms with van der Waals surface area (Å²) in [7, 11) is -1.07. The molecule has 0 bridgehead atoms. The van der Waals surface area contributed by atoms with Crippen LogP contribution in [0.2, 0.25) is 10.0 Å². The molecule has 2 aromatic rings. The van der Waals surface area contributed by atoms with Crippen LogP contribution in [0, 0.1) is 0 Å². The van der Waals surface area contributed by atoms with Gasteiger partial charge in [0.25, 0.3) is 0 Å². The van der Waals surface area contributed by atoms with Crippen molar-refractivity contribution in [2.75, 3.05) is 32.6 Å². The van der Waals surface area contributed by atoms with Crippen molar-refractivity contribution in [1.29, 1.82) is 0 Å². The first-order chi connectivity index (χ1) is 13.2. The number of amides is 1. The van der Waals surface area contributed by atoms with E-state index >= 15 is 0 Å². The molecule has 10 heteroatoms. The highest BCUT2D eigenvalue weighted by Crippen LogP contribution is 2.30. The van der Waals surface area contributed by atoms with Crippen LogP contribution in [0.4, 0.5) is 5.69 Å². The van der Waals surface area contributed by atoms with Gasteiger partial charge in [-0.2, -0.15) is 4.31 Å². The predicted molar refractivity (Wildman–Crippen MR) is 109 cm³/mol. The third-order valence-corrected chi connectivity index (χ3v) is 6.50. The van der Waals surface area contributed by atoms with E-state index in [-0.39, 0.29) is 21.5 Å². The van der Waals surface area contributed by atoms with Gasteiger partial charge in [0.1, 0.15) is 16.4 Å². The number of anilines is 1. The average Bonchev–Trinajstić information content (AvgIpc) is 2.67. The third-order valence-electron chi connectivity index (χ3n) is 3.86. The molecule has 1 N–H and O–H groups in total. The van der Waals surface area contributed by atoms with Crippen LogP contribution in [-0.2, 0) is 14.8 Å². The van der Waals surface area contributed by atoms with Gasteiger partial charge in [-0.15, -0.1) is 0 Å². The molecular formula is C18H20Cl2N2O5S. The Hall–Kier alpha value is -2.00. The van der Waals surface area contributed by atoms with Crippen LogP contribution < -0.4 is 14.8 Å². The van der Waals surface area contributed by atoms with Crippen LogP contribution in [0.5, 0.6) is 11.5 Å². The average molecular weight is 447 g/mol. The Balaban J connectivity index is 2.25. The molecule has 1 amide bonds. The fourth-order valence-corrected chi connectivity index (χ4v) is 4.58. The summed E-state index contributed by atoms with van der Waals surface area (Å²) < 4.78 is 37.2. The van der Waals surface area contributed by atoms with Gasteiger partial charge < -0.3 is 14.8 Å². The number of nitrogens with one attached hydrogen (secondary N) is 1. The minimum atomic E-state index is -4.02. The number of carbonyl (C=O) groups excluding carboxylic acids is 1. The molecular weight excluding hydrogens is 427 g/mol. The van der Waals surface area contributed by atoms with Crippen molar-refractivity contribution < 1.29 is 22.7 Å². The number of halogens is 2. The van der Waals surface area contributed by atoms with E-state index < -0.39 is 22.5 Å². The number of carbonyl (C=O) groups is 1. The number of nitrogens with zero attached hydrogens (tertiary/aromatic N) is 1. The van der Waals surface area contributed by atoms with Crippen molar-refractivity contribution in [3.05, 3.63) is 46.4 Å². The minimum Gasteiger partial charge on any atom is -0.497 e. The number of likely N-dealkylation sites (N-methyl/N-ethyl adjacent to an activating group) is 1. The molecule has 0 saturated carbocycles. The van der Waals surface area contributed by atoms with Gasteiger partial charge in [0.05, 0.1) is 31.5 Å². The van der Waals surface area contributed by atoms with Crippen molar-refractivity contribution in [3.8, 4) is 11.5 Å². The lowest BCUT2D eigenvalue weighted by Gasteiger charge is -2.21. The fraction of sp³-hybridized carbons (Fsp3) is 0.278. The SMILES string of the molecule is CCN(CC(=O)Nc1cc(OC)ccc1OC)S(=O)(=O)c1cc(Cl)ccc1Cl. The van der Waals surface area contributed by atoms with Crippen LogP contribution in [0.1, 0.15) is 6.92 Å². The molecule has 2 aromatic carbocycles. The van der Waals surface area contributed by atoms with Gasteiger partial charge in [-0.1, -0.05) is 30.1 Å².